The van der Waals surface area contributed by atoms with Crippen molar-refractivity contribution < 1.29 is 33.6 Å². The van der Waals surface area contributed by atoms with Gasteiger partial charge in [0.1, 0.15) is 5.75 Å². The van der Waals surface area contributed by atoms with E-state index < -0.39 is 6.16 Å². The average molecular weight is 876 g/mol. The Morgan fingerprint density at radius 2 is 1.77 bits per heavy atom. The normalized spacial score (nSPS) is 14.6. The smallest absolute Gasteiger partial charge is 0.494 e. The molecule has 0 bridgehead atoms. The number of amides is 1. The molecule has 6 aromatic rings. The maximum atomic E-state index is 13.6. The molecular weight excluding hydrogens is 823 g/mol. The van der Waals surface area contributed by atoms with Gasteiger partial charge < -0.3 is 33.9 Å². The van der Waals surface area contributed by atoms with Crippen molar-refractivity contribution in [3.63, 3.8) is 0 Å². The van der Waals surface area contributed by atoms with Gasteiger partial charge in [-0.1, -0.05) is 72.1 Å². The summed E-state index contributed by atoms with van der Waals surface area (Å²) in [5, 5.41) is 13.7. The molecule has 324 valence electrons. The molecule has 1 aliphatic heterocycles. The fourth-order valence-corrected chi connectivity index (χ4v) is 10.6. The van der Waals surface area contributed by atoms with E-state index in [1.54, 1.807) is 14.2 Å². The van der Waals surface area contributed by atoms with Crippen LogP contribution < -0.4 is 29.2 Å². The molecule has 1 atom stereocenters. The van der Waals surface area contributed by atoms with Crippen molar-refractivity contribution in [3.8, 4) is 23.1 Å². The van der Waals surface area contributed by atoms with Crippen molar-refractivity contribution in [3.05, 3.63) is 117 Å². The van der Waals surface area contributed by atoms with Gasteiger partial charge in [0.05, 0.1) is 35.9 Å². The van der Waals surface area contributed by atoms with E-state index in [0.29, 0.717) is 60.7 Å². The van der Waals surface area contributed by atoms with Gasteiger partial charge in [0.15, 0.2) is 21.8 Å². The highest BCUT2D eigenvalue weighted by Gasteiger charge is 2.28. The van der Waals surface area contributed by atoms with Gasteiger partial charge in [-0.2, -0.15) is 4.98 Å². The van der Waals surface area contributed by atoms with Crippen molar-refractivity contribution >= 4 is 55.2 Å². The number of rotatable bonds is 18. The van der Waals surface area contributed by atoms with Gasteiger partial charge in [0.2, 0.25) is 5.88 Å². The first kappa shape index (κ1) is 43.0. The number of hydrogen-bond acceptors (Lipinski definition) is 12. The molecule has 4 aromatic carbocycles. The van der Waals surface area contributed by atoms with Gasteiger partial charge >= 0.3 is 6.16 Å². The van der Waals surface area contributed by atoms with Crippen LogP contribution in [0.15, 0.2) is 78.9 Å². The molecule has 1 unspecified atom stereocenters. The minimum atomic E-state index is -1.41. The van der Waals surface area contributed by atoms with Crippen LogP contribution in [0, 0.1) is 0 Å². The number of carboxylic acid groups (broad SMARTS) is 1. The third-order valence-corrected chi connectivity index (χ3v) is 13.8. The predicted octanol–water partition coefficient (Wildman–Crippen LogP) is 10.0. The maximum absolute atomic E-state index is 13.6. The number of benzene rings is 4. The highest BCUT2D eigenvalue weighted by atomic mass is 32.1. The first-order valence-electron chi connectivity index (χ1n) is 21.4. The van der Waals surface area contributed by atoms with E-state index >= 15 is 0 Å². The number of hydrogen-bond donors (Lipinski definition) is 2. The van der Waals surface area contributed by atoms with E-state index in [0.717, 1.165) is 88.8 Å². The zero-order valence-electron chi connectivity index (χ0n) is 35.5. The molecule has 0 radical (unpaired) electrons. The highest BCUT2D eigenvalue weighted by Crippen LogP contribution is 2.42. The van der Waals surface area contributed by atoms with Gasteiger partial charge in [-0.05, 0) is 122 Å². The van der Waals surface area contributed by atoms with Crippen LogP contribution in [-0.4, -0.2) is 79.0 Å². The number of anilines is 2. The van der Waals surface area contributed by atoms with E-state index in [9.17, 15) is 14.7 Å². The Kier molecular flexibility index (Phi) is 13.9. The minimum Gasteiger partial charge on any atom is -0.494 e. The average Bonchev–Trinajstić information content (AvgIpc) is 3.89. The number of thiazole rings is 2. The summed E-state index contributed by atoms with van der Waals surface area (Å²) in [6, 6.07) is 26.2. The fraction of sp³-hybridized carbons (Fsp3) is 0.375. The minimum absolute atomic E-state index is 0.0966. The van der Waals surface area contributed by atoms with Gasteiger partial charge in [0.25, 0.3) is 5.91 Å². The van der Waals surface area contributed by atoms with Crippen LogP contribution in [0.1, 0.15) is 81.6 Å². The highest BCUT2D eigenvalue weighted by molar-refractivity contribution is 7.22. The van der Waals surface area contributed by atoms with E-state index in [2.05, 4.69) is 56.3 Å². The molecular formula is C48H53N5O7S2. The van der Waals surface area contributed by atoms with Crippen LogP contribution in [-0.2, 0) is 32.2 Å². The molecule has 8 rings (SSSR count). The fourth-order valence-electron chi connectivity index (χ4n) is 8.73. The standard InChI is InChI=1S/C48H53N5O7S2/c1-4-25-52(29-33-11-8-12-36-35(33)21-22-40(57-2)43(36)58-3)26-23-31-17-19-34(20-18-31)59-28-9-16-42-45(60-48(55)56)51-47(62-42)53-27-24-32-10-7-13-37(38(32)30-53)44(54)50-46-49-39-14-5-6-15-41(39)61-46/h5-7,10,13-15,17-22,33H,4,8-9,11-12,16,23-30H2,1-3H3,(H,55,56)(H,49,50,54). The molecule has 1 aliphatic carbocycles. The first-order chi connectivity index (χ1) is 30.3. The second kappa shape index (κ2) is 20.0. The maximum Gasteiger partial charge on any atom is 0.512 e. The first-order valence-corrected chi connectivity index (χ1v) is 23.0. The summed E-state index contributed by atoms with van der Waals surface area (Å²) in [4.78, 5) is 39.9. The number of aromatic nitrogens is 2. The molecule has 0 saturated heterocycles. The summed E-state index contributed by atoms with van der Waals surface area (Å²) in [5.74, 6) is 2.83. The van der Waals surface area contributed by atoms with E-state index in [-0.39, 0.29) is 11.8 Å². The number of carbonyl (C=O) groups is 2. The van der Waals surface area contributed by atoms with Crippen LogP contribution in [0.25, 0.3) is 10.2 Å². The summed E-state index contributed by atoms with van der Waals surface area (Å²) < 4.78 is 23.7. The molecule has 2 aromatic heterocycles. The molecule has 2 N–H and O–H groups in total. The third-order valence-electron chi connectivity index (χ3n) is 11.7. The van der Waals surface area contributed by atoms with E-state index in [4.69, 9.17) is 18.9 Å². The zero-order valence-corrected chi connectivity index (χ0v) is 37.1. The van der Waals surface area contributed by atoms with Crippen molar-refractivity contribution in [2.24, 2.45) is 0 Å². The van der Waals surface area contributed by atoms with E-state index in [1.165, 1.54) is 45.8 Å². The predicted molar refractivity (Wildman–Crippen MR) is 245 cm³/mol. The zero-order chi connectivity index (χ0) is 43.0. The van der Waals surface area contributed by atoms with Gasteiger partial charge in [0, 0.05) is 37.3 Å². The summed E-state index contributed by atoms with van der Waals surface area (Å²) in [5.41, 5.74) is 7.40. The van der Waals surface area contributed by atoms with Crippen LogP contribution in [0.4, 0.5) is 15.1 Å². The molecule has 12 nitrogen and oxygen atoms in total. The lowest BCUT2D eigenvalue weighted by Gasteiger charge is -2.32. The number of nitrogens with zero attached hydrogens (tertiary/aromatic N) is 4. The number of carbonyl (C=O) groups excluding carboxylic acids is 1. The second-order valence-corrected chi connectivity index (χ2v) is 17.8. The number of fused-ring (bicyclic) bond motifs is 3. The van der Waals surface area contributed by atoms with Gasteiger partial charge in [-0.3, -0.25) is 10.1 Å². The van der Waals surface area contributed by atoms with Crippen LogP contribution in [0.3, 0.4) is 0 Å². The van der Waals surface area contributed by atoms with Gasteiger partial charge in [-0.25, -0.2) is 9.78 Å². The molecule has 3 heterocycles. The molecule has 14 heteroatoms. The summed E-state index contributed by atoms with van der Waals surface area (Å²) in [6.45, 7) is 6.88. The molecule has 1 amide bonds. The molecule has 0 fully saturated rings. The Hall–Kier alpha value is -5.70. The third kappa shape index (κ3) is 9.98. The lowest BCUT2D eigenvalue weighted by molar-refractivity contribution is 0.102. The van der Waals surface area contributed by atoms with E-state index in [1.807, 2.05) is 54.6 Å². The monoisotopic (exact) mass is 875 g/mol. The Labute approximate surface area is 370 Å². The van der Waals surface area contributed by atoms with Gasteiger partial charge in [-0.15, -0.1) is 0 Å². The SMILES string of the molecule is CCCN(CCc1ccc(OCCCc2sc(N3CCc4cccc(C(=O)Nc5nc6ccccc6s5)c4C3)nc2OC(=O)O)cc1)CC1CCCc2c1ccc(OC)c2OC. The molecule has 0 spiro atoms. The van der Waals surface area contributed by atoms with Crippen LogP contribution in [0.2, 0.25) is 0 Å². The Morgan fingerprint density at radius 1 is 0.919 bits per heavy atom. The van der Waals surface area contributed by atoms with Crippen molar-refractivity contribution in [1.82, 2.24) is 14.9 Å². The number of ether oxygens (including phenoxy) is 4. The molecule has 62 heavy (non-hydrogen) atoms. The lowest BCUT2D eigenvalue weighted by atomic mass is 9.81. The quantitative estimate of drug-likeness (QED) is 0.0631. The summed E-state index contributed by atoms with van der Waals surface area (Å²) in [6.07, 6.45) is 5.90. The van der Waals surface area contributed by atoms with Crippen LogP contribution >= 0.6 is 22.7 Å². The van der Waals surface area contributed by atoms with Crippen LogP contribution in [0.5, 0.6) is 23.1 Å². The summed E-state index contributed by atoms with van der Waals surface area (Å²) >= 11 is 2.86. The molecule has 0 saturated carbocycles. The number of para-hydroxylation sites is 1. The second-order valence-electron chi connectivity index (χ2n) is 15.8. The summed E-state index contributed by atoms with van der Waals surface area (Å²) in [7, 11) is 3.43. The number of nitrogens with one attached hydrogen (secondary N) is 1. The Bertz CT molecular complexity index is 2470. The Balaban J connectivity index is 0.845. The van der Waals surface area contributed by atoms with Crippen molar-refractivity contribution in [2.45, 2.75) is 70.8 Å². The Morgan fingerprint density at radius 3 is 2.56 bits per heavy atom. The van der Waals surface area contributed by atoms with Crippen molar-refractivity contribution in [1.29, 1.82) is 0 Å². The molecule has 2 aliphatic rings. The number of methoxy groups -OCH3 is 2. The number of aryl methyl sites for hydroxylation is 1. The lowest BCUT2D eigenvalue weighted by Crippen LogP contribution is -2.32. The largest absolute Gasteiger partial charge is 0.512 e. The topological polar surface area (TPSA) is 136 Å². The van der Waals surface area contributed by atoms with Crippen molar-refractivity contribution in [2.75, 3.05) is 57.2 Å².